The van der Waals surface area contributed by atoms with Crippen molar-refractivity contribution in [2.24, 2.45) is 4.99 Å². The molecule has 4 amide bonds. The normalized spacial score (nSPS) is 11.0. The van der Waals surface area contributed by atoms with Crippen LogP contribution >= 0.6 is 11.8 Å². The van der Waals surface area contributed by atoms with E-state index in [4.69, 9.17) is 0 Å². The van der Waals surface area contributed by atoms with Gasteiger partial charge in [-0.05, 0) is 19.1 Å². The van der Waals surface area contributed by atoms with Crippen molar-refractivity contribution in [3.8, 4) is 0 Å². The molecule has 0 unspecified atom stereocenters. The Labute approximate surface area is 119 Å². The quantitative estimate of drug-likeness (QED) is 0.398. The van der Waals surface area contributed by atoms with Crippen LogP contribution in [0.25, 0.3) is 0 Å². The zero-order valence-corrected chi connectivity index (χ0v) is 12.7. The molecule has 0 aromatic heterocycles. The van der Waals surface area contributed by atoms with Crippen molar-refractivity contribution in [2.75, 3.05) is 19.3 Å². The average molecular weight is 288 g/mol. The Morgan fingerprint density at radius 2 is 1.63 bits per heavy atom. The van der Waals surface area contributed by atoms with E-state index in [1.54, 1.807) is 6.26 Å². The molecule has 7 heteroatoms. The number of rotatable bonds is 6. The van der Waals surface area contributed by atoms with Gasteiger partial charge in [0, 0.05) is 13.1 Å². The number of unbranched alkanes of at least 4 members (excludes halogenated alkanes) is 2. The van der Waals surface area contributed by atoms with Crippen molar-refractivity contribution in [1.82, 2.24) is 16.0 Å². The Kier molecular flexibility index (Phi) is 11.1. The van der Waals surface area contributed by atoms with E-state index in [0.29, 0.717) is 18.3 Å². The van der Waals surface area contributed by atoms with E-state index in [1.807, 2.05) is 6.92 Å². The zero-order chi connectivity index (χ0) is 14.5. The van der Waals surface area contributed by atoms with Gasteiger partial charge in [0.05, 0.1) is 0 Å². The Morgan fingerprint density at radius 1 is 1.05 bits per heavy atom. The van der Waals surface area contributed by atoms with Gasteiger partial charge in [-0.15, -0.1) is 0 Å². The second kappa shape index (κ2) is 11.8. The lowest BCUT2D eigenvalue weighted by atomic mass is 10.3. The van der Waals surface area contributed by atoms with Gasteiger partial charge in [0.15, 0.2) is 5.17 Å². The molecule has 0 radical (unpaired) electrons. The summed E-state index contributed by atoms with van der Waals surface area (Å²) in [5.41, 5.74) is 0. The lowest BCUT2D eigenvalue weighted by Crippen LogP contribution is -2.39. The van der Waals surface area contributed by atoms with Crippen molar-refractivity contribution in [3.05, 3.63) is 0 Å². The van der Waals surface area contributed by atoms with E-state index < -0.39 is 6.03 Å². The predicted molar refractivity (Wildman–Crippen MR) is 80.7 cm³/mol. The first kappa shape index (κ1) is 17.8. The second-order valence-electron chi connectivity index (χ2n) is 3.94. The molecule has 0 aliphatic rings. The van der Waals surface area contributed by atoms with Gasteiger partial charge in [-0.25, -0.2) is 9.59 Å². The number of thioether (sulfide) groups is 1. The highest BCUT2D eigenvalue weighted by Gasteiger charge is 2.06. The van der Waals surface area contributed by atoms with E-state index in [9.17, 15) is 9.59 Å². The number of hydrogen-bond acceptors (Lipinski definition) is 3. The number of nitrogens with zero attached hydrogens (tertiary/aromatic N) is 1. The summed E-state index contributed by atoms with van der Waals surface area (Å²) in [6.07, 6.45) is 5.63. The number of carbonyl (C=O) groups excluding carboxylic acids is 2. The van der Waals surface area contributed by atoms with Crippen LogP contribution in [0.15, 0.2) is 4.99 Å². The number of nitrogens with one attached hydrogen (secondary N) is 3. The predicted octanol–water partition coefficient (Wildman–Crippen LogP) is 2.31. The van der Waals surface area contributed by atoms with Gasteiger partial charge in [0.2, 0.25) is 0 Å². The third-order valence-electron chi connectivity index (χ3n) is 2.24. The monoisotopic (exact) mass is 288 g/mol. The van der Waals surface area contributed by atoms with Crippen LogP contribution in [0, 0.1) is 0 Å². The van der Waals surface area contributed by atoms with Gasteiger partial charge in [0.1, 0.15) is 0 Å². The molecule has 0 bridgehead atoms. The number of aliphatic imine (C=N–C) groups is 1. The first-order chi connectivity index (χ1) is 9.13. The van der Waals surface area contributed by atoms with Crippen molar-refractivity contribution in [3.63, 3.8) is 0 Å². The van der Waals surface area contributed by atoms with Crippen LogP contribution in [0.5, 0.6) is 0 Å². The summed E-state index contributed by atoms with van der Waals surface area (Å²) in [6.45, 7) is 5.32. The molecule has 110 valence electrons. The van der Waals surface area contributed by atoms with Gasteiger partial charge < -0.3 is 10.6 Å². The first-order valence-corrected chi connectivity index (χ1v) is 7.81. The van der Waals surface area contributed by atoms with Gasteiger partial charge >= 0.3 is 12.1 Å². The lowest BCUT2D eigenvalue weighted by Gasteiger charge is -2.07. The summed E-state index contributed by atoms with van der Waals surface area (Å²) in [7, 11) is 0. The van der Waals surface area contributed by atoms with E-state index in [2.05, 4.69) is 27.9 Å². The molecule has 6 nitrogen and oxygen atoms in total. The fraction of sp³-hybridized carbons (Fsp3) is 0.750. The molecular weight excluding hydrogens is 264 g/mol. The van der Waals surface area contributed by atoms with Crippen molar-refractivity contribution in [1.29, 1.82) is 0 Å². The Balaban J connectivity index is 4.09. The minimum absolute atomic E-state index is 0.294. The molecule has 0 aromatic carbocycles. The molecule has 0 saturated carbocycles. The smallest absolute Gasteiger partial charge is 0.338 e. The highest BCUT2D eigenvalue weighted by atomic mass is 32.2. The highest BCUT2D eigenvalue weighted by Crippen LogP contribution is 1.96. The summed E-state index contributed by atoms with van der Waals surface area (Å²) in [5, 5.41) is 8.20. The molecule has 19 heavy (non-hydrogen) atoms. The molecule has 0 heterocycles. The van der Waals surface area contributed by atoms with Gasteiger partial charge in [-0.2, -0.15) is 4.99 Å². The van der Waals surface area contributed by atoms with Crippen LogP contribution in [0.4, 0.5) is 9.59 Å². The van der Waals surface area contributed by atoms with E-state index in [1.165, 1.54) is 11.8 Å². The Bertz CT molecular complexity index is 308. The average Bonchev–Trinajstić information content (AvgIpc) is 2.38. The van der Waals surface area contributed by atoms with Crippen LogP contribution in [0.1, 0.15) is 39.5 Å². The summed E-state index contributed by atoms with van der Waals surface area (Å²) < 4.78 is 0. The van der Waals surface area contributed by atoms with Crippen LogP contribution < -0.4 is 16.0 Å². The summed E-state index contributed by atoms with van der Waals surface area (Å²) >= 11 is 1.22. The maximum Gasteiger partial charge on any atom is 0.343 e. The number of carbonyl (C=O) groups is 2. The number of amides is 4. The largest absolute Gasteiger partial charge is 0.343 e. The van der Waals surface area contributed by atoms with Crippen molar-refractivity contribution < 1.29 is 9.59 Å². The summed E-state index contributed by atoms with van der Waals surface area (Å²) in [6, 6.07) is -0.755. The fourth-order valence-electron chi connectivity index (χ4n) is 1.15. The second-order valence-corrected chi connectivity index (χ2v) is 4.74. The molecule has 0 saturated heterocycles. The molecular formula is C12H24N4O2S. The minimum Gasteiger partial charge on any atom is -0.338 e. The van der Waals surface area contributed by atoms with Crippen LogP contribution in [0.2, 0.25) is 0 Å². The molecule has 0 aliphatic carbocycles. The molecule has 3 N–H and O–H groups in total. The summed E-state index contributed by atoms with van der Waals surface area (Å²) in [4.78, 5) is 26.7. The Morgan fingerprint density at radius 3 is 2.16 bits per heavy atom. The standard InChI is InChI=1S/C12H24N4O2S/c1-4-6-8-13-10(17)15-12(19-3)16-11(18)14-9-7-5-2/h4-9H2,1-3H3,(H3,13,14,15,16,17,18). The van der Waals surface area contributed by atoms with E-state index in [0.717, 1.165) is 25.7 Å². The molecule has 0 aliphatic heterocycles. The van der Waals surface area contributed by atoms with Gasteiger partial charge in [-0.3, -0.25) is 5.32 Å². The number of amidine groups is 1. The van der Waals surface area contributed by atoms with E-state index >= 15 is 0 Å². The maximum atomic E-state index is 11.5. The minimum atomic E-state index is -0.424. The van der Waals surface area contributed by atoms with E-state index in [-0.39, 0.29) is 6.03 Å². The van der Waals surface area contributed by atoms with Crippen LogP contribution in [-0.2, 0) is 0 Å². The van der Waals surface area contributed by atoms with Crippen LogP contribution in [-0.4, -0.2) is 36.6 Å². The maximum absolute atomic E-state index is 11.5. The third kappa shape index (κ3) is 10.4. The Hall–Kier alpha value is -1.24. The van der Waals surface area contributed by atoms with Crippen molar-refractivity contribution >= 4 is 29.0 Å². The zero-order valence-electron chi connectivity index (χ0n) is 11.9. The molecule has 0 spiro atoms. The number of hydrogen-bond donors (Lipinski definition) is 3. The van der Waals surface area contributed by atoms with Crippen LogP contribution in [0.3, 0.4) is 0 Å². The molecule has 0 rings (SSSR count). The SMILES string of the molecule is CCCCNC(=O)N=C(NC(=O)NCCCC)SC. The topological polar surface area (TPSA) is 82.6 Å². The highest BCUT2D eigenvalue weighted by molar-refractivity contribution is 8.13. The third-order valence-corrected chi connectivity index (χ3v) is 2.82. The fourth-order valence-corrected chi connectivity index (χ4v) is 1.52. The number of urea groups is 2. The molecule has 0 aromatic rings. The molecule has 0 atom stereocenters. The van der Waals surface area contributed by atoms with Gasteiger partial charge in [-0.1, -0.05) is 38.5 Å². The molecule has 0 fully saturated rings. The van der Waals surface area contributed by atoms with Crippen molar-refractivity contribution in [2.45, 2.75) is 39.5 Å². The first-order valence-electron chi connectivity index (χ1n) is 6.59. The summed E-state index contributed by atoms with van der Waals surface area (Å²) in [5.74, 6) is 0. The van der Waals surface area contributed by atoms with Gasteiger partial charge in [0.25, 0.3) is 0 Å². The lowest BCUT2D eigenvalue weighted by molar-refractivity contribution is 0.245.